The van der Waals surface area contributed by atoms with Crippen LogP contribution in [-0.4, -0.2) is 13.7 Å². The Labute approximate surface area is 118 Å². The van der Waals surface area contributed by atoms with Gasteiger partial charge in [-0.2, -0.15) is 0 Å². The Hall–Kier alpha value is -1.02. The maximum atomic E-state index is 5.87. The monoisotopic (exact) mass is 264 g/mol. The van der Waals surface area contributed by atoms with E-state index in [-0.39, 0.29) is 5.41 Å². The van der Waals surface area contributed by atoms with Gasteiger partial charge in [-0.3, -0.25) is 0 Å². The zero-order chi connectivity index (χ0) is 14.5. The van der Waals surface area contributed by atoms with Crippen molar-refractivity contribution < 1.29 is 9.47 Å². The predicted octanol–water partition coefficient (Wildman–Crippen LogP) is 4.67. The topological polar surface area (TPSA) is 18.5 Å². The molecule has 2 nitrogen and oxygen atoms in total. The Morgan fingerprint density at radius 2 is 1.74 bits per heavy atom. The maximum absolute atomic E-state index is 5.87. The normalized spacial score (nSPS) is 12.5. The van der Waals surface area contributed by atoms with Gasteiger partial charge < -0.3 is 9.47 Å². The second kappa shape index (κ2) is 6.42. The molecule has 0 aliphatic carbocycles. The lowest BCUT2D eigenvalue weighted by Crippen LogP contribution is -2.25. The van der Waals surface area contributed by atoms with E-state index in [4.69, 9.17) is 9.47 Å². The third kappa shape index (κ3) is 6.63. The van der Waals surface area contributed by atoms with Gasteiger partial charge in [0, 0.05) is 0 Å². The number of rotatable bonds is 6. The standard InChI is InChI=1S/C17H28O2/c1-16(2,3)12-17(4,5)13-19-11-14-8-7-9-15(10-14)18-6/h7-10H,11-13H2,1-6H3. The van der Waals surface area contributed by atoms with Gasteiger partial charge in [-0.1, -0.05) is 46.8 Å². The van der Waals surface area contributed by atoms with E-state index in [1.165, 1.54) is 0 Å². The van der Waals surface area contributed by atoms with Crippen molar-refractivity contribution in [2.24, 2.45) is 10.8 Å². The molecule has 1 rings (SSSR count). The van der Waals surface area contributed by atoms with Crippen LogP contribution in [0.4, 0.5) is 0 Å². The largest absolute Gasteiger partial charge is 0.497 e. The summed E-state index contributed by atoms with van der Waals surface area (Å²) in [6.07, 6.45) is 1.15. The molecule has 0 aliphatic heterocycles. The average Bonchev–Trinajstić information content (AvgIpc) is 2.25. The molecule has 0 saturated carbocycles. The first kappa shape index (κ1) is 16.0. The molecule has 108 valence electrons. The van der Waals surface area contributed by atoms with Crippen molar-refractivity contribution in [3.05, 3.63) is 29.8 Å². The van der Waals surface area contributed by atoms with Gasteiger partial charge in [0.2, 0.25) is 0 Å². The van der Waals surface area contributed by atoms with E-state index in [9.17, 15) is 0 Å². The lowest BCUT2D eigenvalue weighted by atomic mass is 9.77. The van der Waals surface area contributed by atoms with Crippen molar-refractivity contribution in [3.63, 3.8) is 0 Å². The van der Waals surface area contributed by atoms with Gasteiger partial charge in [-0.05, 0) is 34.9 Å². The van der Waals surface area contributed by atoms with E-state index in [1.54, 1.807) is 7.11 Å². The van der Waals surface area contributed by atoms with E-state index < -0.39 is 0 Å². The molecule has 0 N–H and O–H groups in total. The van der Waals surface area contributed by atoms with Gasteiger partial charge in [0.1, 0.15) is 5.75 Å². The zero-order valence-electron chi connectivity index (χ0n) is 13.2. The van der Waals surface area contributed by atoms with Crippen molar-refractivity contribution >= 4 is 0 Å². The van der Waals surface area contributed by atoms with Gasteiger partial charge in [0.05, 0.1) is 20.3 Å². The molecule has 0 saturated heterocycles. The van der Waals surface area contributed by atoms with Crippen LogP contribution in [-0.2, 0) is 11.3 Å². The Kier molecular flexibility index (Phi) is 5.42. The molecule has 0 bridgehead atoms. The summed E-state index contributed by atoms with van der Waals surface area (Å²) in [4.78, 5) is 0. The Morgan fingerprint density at radius 1 is 1.05 bits per heavy atom. The lowest BCUT2D eigenvalue weighted by molar-refractivity contribution is 0.0304. The van der Waals surface area contributed by atoms with Gasteiger partial charge in [-0.15, -0.1) is 0 Å². The summed E-state index contributed by atoms with van der Waals surface area (Å²) >= 11 is 0. The maximum Gasteiger partial charge on any atom is 0.119 e. The fourth-order valence-corrected chi connectivity index (χ4v) is 2.69. The van der Waals surface area contributed by atoms with Crippen LogP contribution in [0.2, 0.25) is 0 Å². The Morgan fingerprint density at radius 3 is 2.32 bits per heavy atom. The zero-order valence-corrected chi connectivity index (χ0v) is 13.2. The molecule has 1 aromatic carbocycles. The van der Waals surface area contributed by atoms with Gasteiger partial charge in [0.25, 0.3) is 0 Å². The molecule has 2 heteroatoms. The summed E-state index contributed by atoms with van der Waals surface area (Å²) in [6, 6.07) is 8.04. The summed E-state index contributed by atoms with van der Waals surface area (Å²) in [7, 11) is 1.69. The SMILES string of the molecule is COc1cccc(COCC(C)(C)CC(C)(C)C)c1. The fraction of sp³-hybridized carbons (Fsp3) is 0.647. The number of hydrogen-bond donors (Lipinski definition) is 0. The molecule has 0 heterocycles. The Bertz CT molecular complexity index is 388. The molecule has 0 fully saturated rings. The highest BCUT2D eigenvalue weighted by Gasteiger charge is 2.25. The first-order valence-electron chi connectivity index (χ1n) is 6.93. The highest BCUT2D eigenvalue weighted by atomic mass is 16.5. The smallest absolute Gasteiger partial charge is 0.119 e. The van der Waals surface area contributed by atoms with Crippen molar-refractivity contribution in [2.75, 3.05) is 13.7 Å². The van der Waals surface area contributed by atoms with Crippen molar-refractivity contribution in [2.45, 2.75) is 47.6 Å². The lowest BCUT2D eigenvalue weighted by Gasteiger charge is -2.32. The van der Waals surface area contributed by atoms with Crippen molar-refractivity contribution in [3.8, 4) is 5.75 Å². The quantitative estimate of drug-likeness (QED) is 0.743. The first-order valence-corrected chi connectivity index (χ1v) is 6.93. The van der Waals surface area contributed by atoms with Crippen molar-refractivity contribution in [1.82, 2.24) is 0 Å². The summed E-state index contributed by atoms with van der Waals surface area (Å²) in [6.45, 7) is 12.8. The molecule has 0 amide bonds. The summed E-state index contributed by atoms with van der Waals surface area (Å²) < 4.78 is 11.1. The number of hydrogen-bond acceptors (Lipinski definition) is 2. The third-order valence-corrected chi connectivity index (χ3v) is 2.90. The molecule has 0 unspecified atom stereocenters. The molecule has 0 aliphatic rings. The van der Waals surface area contributed by atoms with E-state index >= 15 is 0 Å². The van der Waals surface area contributed by atoms with Gasteiger partial charge >= 0.3 is 0 Å². The van der Waals surface area contributed by atoms with Crippen LogP contribution in [0.15, 0.2) is 24.3 Å². The molecule has 19 heavy (non-hydrogen) atoms. The van der Waals surface area contributed by atoms with Gasteiger partial charge in [-0.25, -0.2) is 0 Å². The second-order valence-corrected chi connectivity index (χ2v) is 7.25. The minimum atomic E-state index is 0.205. The minimum absolute atomic E-state index is 0.205. The van der Waals surface area contributed by atoms with Crippen LogP contribution < -0.4 is 4.74 Å². The van der Waals surface area contributed by atoms with E-state index in [0.29, 0.717) is 12.0 Å². The van der Waals surface area contributed by atoms with Crippen molar-refractivity contribution in [1.29, 1.82) is 0 Å². The van der Waals surface area contributed by atoms with Crippen LogP contribution >= 0.6 is 0 Å². The molecule has 0 radical (unpaired) electrons. The summed E-state index contributed by atoms with van der Waals surface area (Å²) in [5.74, 6) is 0.884. The predicted molar refractivity (Wildman–Crippen MR) is 80.5 cm³/mol. The van der Waals surface area contributed by atoms with E-state index in [1.807, 2.05) is 18.2 Å². The summed E-state index contributed by atoms with van der Waals surface area (Å²) in [5, 5.41) is 0. The van der Waals surface area contributed by atoms with E-state index in [2.05, 4.69) is 40.7 Å². The van der Waals surface area contributed by atoms with Crippen LogP contribution in [0.25, 0.3) is 0 Å². The van der Waals surface area contributed by atoms with Crippen LogP contribution in [0.5, 0.6) is 5.75 Å². The first-order chi connectivity index (χ1) is 8.72. The Balaban J connectivity index is 2.45. The highest BCUT2D eigenvalue weighted by molar-refractivity contribution is 5.27. The number of benzene rings is 1. The molecular weight excluding hydrogens is 236 g/mol. The second-order valence-electron chi connectivity index (χ2n) is 7.25. The molecule has 1 aromatic rings. The fourth-order valence-electron chi connectivity index (χ4n) is 2.69. The van der Waals surface area contributed by atoms with Crippen LogP contribution in [0.1, 0.15) is 46.6 Å². The third-order valence-electron chi connectivity index (χ3n) is 2.90. The molecule has 0 aromatic heterocycles. The number of ether oxygens (including phenoxy) is 2. The van der Waals surface area contributed by atoms with Gasteiger partial charge in [0.15, 0.2) is 0 Å². The van der Waals surface area contributed by atoms with Crippen LogP contribution in [0.3, 0.4) is 0 Å². The minimum Gasteiger partial charge on any atom is -0.497 e. The van der Waals surface area contributed by atoms with E-state index in [0.717, 1.165) is 24.3 Å². The van der Waals surface area contributed by atoms with Crippen LogP contribution in [0, 0.1) is 10.8 Å². The number of methoxy groups -OCH3 is 1. The molecule has 0 spiro atoms. The molecular formula is C17H28O2. The average molecular weight is 264 g/mol. The summed E-state index contributed by atoms with van der Waals surface area (Å²) in [5.41, 5.74) is 1.70. The molecule has 0 atom stereocenters. The highest BCUT2D eigenvalue weighted by Crippen LogP contribution is 2.33.